The van der Waals surface area contributed by atoms with E-state index in [1.165, 1.54) is 20.8 Å². The van der Waals surface area contributed by atoms with Crippen molar-refractivity contribution < 1.29 is 48.3 Å². The summed E-state index contributed by atoms with van der Waals surface area (Å²) in [6, 6.07) is -0.293. The number of ketones is 1. The highest BCUT2D eigenvalue weighted by molar-refractivity contribution is 6.00. The van der Waals surface area contributed by atoms with Crippen molar-refractivity contribution in [2.24, 2.45) is 28.7 Å². The maximum Gasteiger partial charge on any atom is 0.316 e. The normalized spacial score (nSPS) is 44.0. The van der Waals surface area contributed by atoms with Gasteiger partial charge in [0.15, 0.2) is 12.1 Å². The number of nitrogens with one attached hydrogen (secondary N) is 1. The van der Waals surface area contributed by atoms with Crippen LogP contribution in [0.1, 0.15) is 81.6 Å². The molecule has 3 aliphatic heterocycles. The summed E-state index contributed by atoms with van der Waals surface area (Å²) >= 11 is 0. The lowest BCUT2D eigenvalue weighted by Crippen LogP contribution is -2.60. The number of aliphatic imine (C=N–C) groups is 1. The molecule has 1 amide bonds. The molecule has 0 saturated carbocycles. The first-order valence-electron chi connectivity index (χ1n) is 16.8. The predicted octanol–water partition coefficient (Wildman–Crippen LogP) is 2.57. The van der Waals surface area contributed by atoms with Gasteiger partial charge in [-0.25, -0.2) is 4.99 Å². The first-order valence-corrected chi connectivity index (χ1v) is 16.8. The van der Waals surface area contributed by atoms with Gasteiger partial charge in [0.2, 0.25) is 5.91 Å². The Bertz CT molecular complexity index is 1190. The largest absolute Gasteiger partial charge is 0.459 e. The van der Waals surface area contributed by atoms with Crippen LogP contribution in [0, 0.1) is 29.1 Å². The van der Waals surface area contributed by atoms with Crippen LogP contribution in [0.2, 0.25) is 0 Å². The lowest BCUT2D eigenvalue weighted by molar-refractivity contribution is -0.296. The quantitative estimate of drug-likeness (QED) is 0.297. The molecule has 3 rings (SSSR count). The average molecular weight is 668 g/mol. The number of Topliss-reactive ketones (excluding diaryl/α,β-unsaturated/α-hetero) is 1. The van der Waals surface area contributed by atoms with Gasteiger partial charge in [-0.1, -0.05) is 27.7 Å². The Labute approximate surface area is 279 Å². The third-order valence-corrected chi connectivity index (χ3v) is 10.1. The SMILES string of the molecule is CC[C@H]1OC(=O)[C@H](C)C(=O)[C@H](C)[C@@H](O[C@@H]2O[C@H](C)C[C@H](N(C)C)[C@H]2O)[C@@]2(C)C[C@@H](C)C(=NC(C)=O)[C@H](C)[C@@H](OCC(=N)CO2)[C@]1(C)O. The lowest BCUT2D eigenvalue weighted by Gasteiger charge is -2.47. The van der Waals surface area contributed by atoms with Crippen molar-refractivity contribution in [3.05, 3.63) is 0 Å². The first kappa shape index (κ1) is 39.3. The Morgan fingerprint density at radius 2 is 1.74 bits per heavy atom. The Kier molecular flexibility index (Phi) is 13.1. The van der Waals surface area contributed by atoms with Gasteiger partial charge in [0.1, 0.15) is 23.7 Å². The maximum atomic E-state index is 14.2. The van der Waals surface area contributed by atoms with E-state index in [0.29, 0.717) is 12.1 Å². The van der Waals surface area contributed by atoms with Crippen molar-refractivity contribution in [3.8, 4) is 0 Å². The van der Waals surface area contributed by atoms with Gasteiger partial charge in [0.05, 0.1) is 42.8 Å². The Morgan fingerprint density at radius 3 is 2.32 bits per heavy atom. The molecule has 13 nitrogen and oxygen atoms in total. The molecule has 0 aliphatic carbocycles. The van der Waals surface area contributed by atoms with Crippen LogP contribution in [0.4, 0.5) is 0 Å². The van der Waals surface area contributed by atoms with E-state index < -0.39 is 83.2 Å². The number of esters is 1. The standard InChI is InChI=1S/C34H57N3O10/c1-12-25-34(9,42)30-19(4)26(36-22(7)38)17(2)14-33(8,44-16-23(35)15-43-30)29(20(5)27(39)21(6)31(41)46-25)47-32-28(40)24(37(10)11)13-18(3)45-32/h17-21,24-25,28-30,32,35,40,42H,12-16H2,1-11H3/t17-,18-,19+,20+,21-,24+,25-,28-,29-,30-,32+,33-,34-/m1/s1. The van der Waals surface area contributed by atoms with E-state index in [4.69, 9.17) is 29.1 Å². The monoisotopic (exact) mass is 667 g/mol. The van der Waals surface area contributed by atoms with Crippen molar-refractivity contribution in [2.45, 2.75) is 136 Å². The van der Waals surface area contributed by atoms with Gasteiger partial charge < -0.3 is 44.2 Å². The second kappa shape index (κ2) is 15.6. The summed E-state index contributed by atoms with van der Waals surface area (Å²) in [6.45, 7) is 14.6. The highest BCUT2D eigenvalue weighted by Gasteiger charge is 2.53. The van der Waals surface area contributed by atoms with Gasteiger partial charge in [0.25, 0.3) is 0 Å². The summed E-state index contributed by atoms with van der Waals surface area (Å²) in [6.07, 6.45) is -4.80. The Morgan fingerprint density at radius 1 is 1.11 bits per heavy atom. The average Bonchev–Trinajstić information content (AvgIpc) is 3.00. The number of amides is 1. The number of aliphatic hydroxyl groups excluding tert-OH is 1. The minimum Gasteiger partial charge on any atom is -0.459 e. The number of carbonyl (C=O) groups excluding carboxylic acids is 3. The molecule has 268 valence electrons. The van der Waals surface area contributed by atoms with E-state index >= 15 is 0 Å². The van der Waals surface area contributed by atoms with Crippen LogP contribution in [0.25, 0.3) is 0 Å². The van der Waals surface area contributed by atoms with E-state index in [1.807, 2.05) is 32.8 Å². The molecule has 2 bridgehead atoms. The van der Waals surface area contributed by atoms with E-state index in [1.54, 1.807) is 27.7 Å². The van der Waals surface area contributed by atoms with Gasteiger partial charge >= 0.3 is 5.97 Å². The highest BCUT2D eigenvalue weighted by atomic mass is 16.7. The van der Waals surface area contributed by atoms with Crippen LogP contribution in [-0.2, 0) is 38.1 Å². The minimum absolute atomic E-state index is 0.0603. The zero-order chi connectivity index (χ0) is 35.6. The van der Waals surface area contributed by atoms with E-state index in [0.717, 1.165) is 0 Å². The molecule has 13 atom stereocenters. The number of ether oxygens (including phenoxy) is 5. The third-order valence-electron chi connectivity index (χ3n) is 10.1. The number of rotatable bonds is 4. The molecule has 0 unspecified atom stereocenters. The fourth-order valence-corrected chi connectivity index (χ4v) is 7.56. The molecule has 0 aromatic heterocycles. The van der Waals surface area contributed by atoms with Gasteiger partial charge in [0, 0.05) is 30.5 Å². The van der Waals surface area contributed by atoms with Crippen molar-refractivity contribution >= 4 is 29.1 Å². The number of nitrogens with zero attached hydrogens (tertiary/aromatic N) is 2. The fraction of sp³-hybridized carbons (Fsp3) is 0.853. The molecule has 3 heterocycles. The van der Waals surface area contributed by atoms with E-state index in [2.05, 4.69) is 4.99 Å². The van der Waals surface area contributed by atoms with E-state index in [9.17, 15) is 24.6 Å². The second-order valence-electron chi connectivity index (χ2n) is 14.5. The number of carbonyl (C=O) groups is 3. The minimum atomic E-state index is -1.79. The molecule has 0 aromatic rings. The smallest absolute Gasteiger partial charge is 0.316 e. The van der Waals surface area contributed by atoms with Crippen LogP contribution in [0.5, 0.6) is 0 Å². The zero-order valence-electron chi connectivity index (χ0n) is 29.9. The summed E-state index contributed by atoms with van der Waals surface area (Å²) in [5.41, 5.74) is -2.65. The molecular weight excluding hydrogens is 610 g/mol. The Hall–Kier alpha value is -2.13. The molecule has 3 N–H and O–H groups in total. The van der Waals surface area contributed by atoms with Crippen LogP contribution in [0.15, 0.2) is 4.99 Å². The first-order chi connectivity index (χ1) is 21.7. The van der Waals surface area contributed by atoms with Crippen LogP contribution < -0.4 is 0 Å². The maximum absolute atomic E-state index is 14.2. The Balaban J connectivity index is 2.29. The molecule has 47 heavy (non-hydrogen) atoms. The van der Waals surface area contributed by atoms with Gasteiger partial charge in [-0.3, -0.25) is 14.4 Å². The number of hydrogen-bond donors (Lipinski definition) is 3. The molecular formula is C34H57N3O10. The molecule has 0 aromatic carbocycles. The summed E-state index contributed by atoms with van der Waals surface area (Å²) in [7, 11) is 3.72. The zero-order valence-corrected chi connectivity index (χ0v) is 29.9. The summed E-state index contributed by atoms with van der Waals surface area (Å²) < 4.78 is 31.3. The summed E-state index contributed by atoms with van der Waals surface area (Å²) in [4.78, 5) is 46.6. The summed E-state index contributed by atoms with van der Waals surface area (Å²) in [5.74, 6) is -5.12. The van der Waals surface area contributed by atoms with Crippen molar-refractivity contribution in [2.75, 3.05) is 27.3 Å². The lowest BCUT2D eigenvalue weighted by atomic mass is 9.73. The number of cyclic esters (lactones) is 1. The third kappa shape index (κ3) is 8.73. The number of hydrogen-bond acceptors (Lipinski definition) is 12. The van der Waals surface area contributed by atoms with Gasteiger partial charge in [-0.05, 0) is 67.0 Å². The molecule has 3 fully saturated rings. The van der Waals surface area contributed by atoms with Crippen LogP contribution in [0.3, 0.4) is 0 Å². The molecule has 3 aliphatic rings. The second-order valence-corrected chi connectivity index (χ2v) is 14.5. The number of aliphatic hydroxyl groups is 2. The molecule has 0 radical (unpaired) electrons. The van der Waals surface area contributed by atoms with E-state index in [-0.39, 0.29) is 43.9 Å². The molecule has 3 saturated heterocycles. The number of likely N-dealkylation sites (N-methyl/N-ethyl adjacent to an activating group) is 1. The van der Waals surface area contributed by atoms with Crippen molar-refractivity contribution in [1.29, 1.82) is 5.41 Å². The number of fused-ring (bicyclic) bond motifs is 5. The fourth-order valence-electron chi connectivity index (χ4n) is 7.56. The van der Waals surface area contributed by atoms with Gasteiger partial charge in [-0.2, -0.15) is 0 Å². The highest BCUT2D eigenvalue weighted by Crippen LogP contribution is 2.40. The van der Waals surface area contributed by atoms with Gasteiger partial charge in [-0.15, -0.1) is 0 Å². The van der Waals surface area contributed by atoms with Crippen molar-refractivity contribution in [1.82, 2.24) is 4.90 Å². The van der Waals surface area contributed by atoms with Crippen LogP contribution in [-0.4, -0.2) is 126 Å². The topological polar surface area (TPSA) is 177 Å². The summed E-state index contributed by atoms with van der Waals surface area (Å²) in [5, 5.41) is 32.2. The predicted molar refractivity (Wildman–Crippen MR) is 174 cm³/mol. The van der Waals surface area contributed by atoms with Crippen LogP contribution >= 0.6 is 0 Å². The van der Waals surface area contributed by atoms with Crippen molar-refractivity contribution in [3.63, 3.8) is 0 Å². The molecule has 0 spiro atoms. The molecule has 13 heteroatoms.